The highest BCUT2D eigenvalue weighted by atomic mass is 19.4. The smallest absolute Gasteiger partial charge is 0.370 e. The van der Waals surface area contributed by atoms with E-state index in [0.717, 1.165) is 0 Å². The number of hydrogen-bond donors (Lipinski definition) is 2. The Morgan fingerprint density at radius 1 is 1.16 bits per heavy atom. The molecular formula is C25H22F4N4O5. The Bertz CT molecular complexity index is 1330. The number of fused-ring (bicyclic) bond motifs is 2. The molecule has 5 amide bonds. The van der Waals surface area contributed by atoms with Gasteiger partial charge in [0.25, 0.3) is 5.91 Å². The van der Waals surface area contributed by atoms with Crippen molar-refractivity contribution in [1.82, 2.24) is 10.2 Å². The fraction of sp³-hybridized carbons (Fsp3) is 0.360. The van der Waals surface area contributed by atoms with Gasteiger partial charge in [-0.05, 0) is 42.3 Å². The summed E-state index contributed by atoms with van der Waals surface area (Å²) in [6.45, 7) is -1.86. The van der Waals surface area contributed by atoms with Crippen molar-refractivity contribution in [3.05, 3.63) is 58.9 Å². The summed E-state index contributed by atoms with van der Waals surface area (Å²) in [5, 5.41) is 4.90. The van der Waals surface area contributed by atoms with Crippen LogP contribution in [-0.4, -0.2) is 60.1 Å². The van der Waals surface area contributed by atoms with Crippen molar-refractivity contribution in [3.8, 4) is 0 Å². The molecule has 2 aromatic rings. The van der Waals surface area contributed by atoms with E-state index in [1.165, 1.54) is 40.1 Å². The van der Waals surface area contributed by atoms with Crippen molar-refractivity contribution in [2.75, 3.05) is 23.4 Å². The number of anilines is 2. The Morgan fingerprint density at radius 2 is 1.95 bits per heavy atom. The van der Waals surface area contributed by atoms with E-state index in [4.69, 9.17) is 4.74 Å². The molecule has 1 unspecified atom stereocenters. The molecule has 2 aromatic carbocycles. The minimum atomic E-state index is -4.55. The lowest BCUT2D eigenvalue weighted by atomic mass is 10.0. The summed E-state index contributed by atoms with van der Waals surface area (Å²) >= 11 is 0. The first-order valence-corrected chi connectivity index (χ1v) is 11.8. The molecule has 5 rings (SSSR count). The third kappa shape index (κ3) is 4.93. The van der Waals surface area contributed by atoms with Gasteiger partial charge >= 0.3 is 12.2 Å². The summed E-state index contributed by atoms with van der Waals surface area (Å²) in [5.74, 6) is -1.90. The second-order valence-electron chi connectivity index (χ2n) is 9.30. The number of nitrogens with zero attached hydrogens (tertiary/aromatic N) is 2. The Kier molecular flexibility index (Phi) is 6.55. The number of benzene rings is 2. The molecule has 0 spiro atoms. The van der Waals surface area contributed by atoms with Crippen LogP contribution in [0.25, 0.3) is 0 Å². The number of ether oxygens (including phenoxy) is 1. The van der Waals surface area contributed by atoms with Crippen molar-refractivity contribution < 1.29 is 41.5 Å². The molecular weight excluding hydrogens is 512 g/mol. The van der Waals surface area contributed by atoms with Crippen molar-refractivity contribution in [1.29, 1.82) is 0 Å². The van der Waals surface area contributed by atoms with Gasteiger partial charge in [0, 0.05) is 36.2 Å². The number of nitrogens with one attached hydrogen (secondary N) is 2. The van der Waals surface area contributed by atoms with Crippen molar-refractivity contribution in [3.63, 3.8) is 0 Å². The largest absolute Gasteiger partial charge is 0.411 e. The van der Waals surface area contributed by atoms with Gasteiger partial charge in [0.15, 0.2) is 0 Å². The van der Waals surface area contributed by atoms with Gasteiger partial charge in [0.2, 0.25) is 11.8 Å². The Hall–Kier alpha value is -4.00. The molecule has 2 N–H and O–H groups in total. The number of amides is 5. The Balaban J connectivity index is 1.32. The molecule has 9 nitrogen and oxygen atoms in total. The van der Waals surface area contributed by atoms with Crippen molar-refractivity contribution in [2.24, 2.45) is 0 Å². The summed E-state index contributed by atoms with van der Waals surface area (Å²) in [6, 6.07) is 6.29. The maximum atomic E-state index is 14.4. The fourth-order valence-electron chi connectivity index (χ4n) is 5.05. The molecule has 3 aliphatic rings. The van der Waals surface area contributed by atoms with E-state index in [2.05, 4.69) is 10.6 Å². The Labute approximate surface area is 213 Å². The summed E-state index contributed by atoms with van der Waals surface area (Å²) in [4.78, 5) is 52.4. The summed E-state index contributed by atoms with van der Waals surface area (Å²) in [7, 11) is 0. The summed E-state index contributed by atoms with van der Waals surface area (Å²) in [6.07, 6.45) is -4.25. The number of rotatable bonds is 5. The number of alkyl halides is 3. The molecule has 0 aromatic heterocycles. The van der Waals surface area contributed by atoms with Crippen molar-refractivity contribution >= 4 is 35.1 Å². The first kappa shape index (κ1) is 25.6. The van der Waals surface area contributed by atoms with Gasteiger partial charge in [-0.3, -0.25) is 24.6 Å². The van der Waals surface area contributed by atoms with Crippen LogP contribution >= 0.6 is 0 Å². The zero-order valence-corrected chi connectivity index (χ0v) is 19.8. The average molecular weight is 534 g/mol. The lowest BCUT2D eigenvalue weighted by Gasteiger charge is -2.29. The minimum Gasteiger partial charge on any atom is -0.370 e. The predicted molar refractivity (Wildman–Crippen MR) is 125 cm³/mol. The number of imide groups is 1. The van der Waals surface area contributed by atoms with E-state index in [1.54, 1.807) is 6.07 Å². The molecule has 0 bridgehead atoms. The molecule has 0 radical (unpaired) electrons. The standard InChI is InChI=1S/C25H22F4N4O5/c26-18-2-1-3-19-17(18)9-15(11-38-12-25(27,28)29)33(19)24(37)30-14-4-5-16-13(8-14)10-32(23(16)36)20-6-7-21(34)31-22(20)35/h1-5,8,15,20H,6-7,9-12H2,(H,30,37)(H,31,34,35)/t15-,20?/m0/s1. The monoisotopic (exact) mass is 534 g/mol. The van der Waals surface area contributed by atoms with Crippen LogP contribution in [0.15, 0.2) is 36.4 Å². The Morgan fingerprint density at radius 3 is 2.68 bits per heavy atom. The number of hydrogen-bond acceptors (Lipinski definition) is 5. The summed E-state index contributed by atoms with van der Waals surface area (Å²) < 4.78 is 56.9. The number of piperidine rings is 1. The van der Waals surface area contributed by atoms with E-state index in [0.29, 0.717) is 16.8 Å². The number of carbonyl (C=O) groups excluding carboxylic acids is 4. The van der Waals surface area contributed by atoms with Crippen LogP contribution in [0.4, 0.5) is 33.7 Å². The predicted octanol–water partition coefficient (Wildman–Crippen LogP) is 3.13. The quantitative estimate of drug-likeness (QED) is 0.453. The van der Waals surface area contributed by atoms with Gasteiger partial charge in [0.1, 0.15) is 18.5 Å². The van der Waals surface area contributed by atoms with Crippen LogP contribution in [0, 0.1) is 5.82 Å². The van der Waals surface area contributed by atoms with Crippen LogP contribution in [0.5, 0.6) is 0 Å². The van der Waals surface area contributed by atoms with Crippen LogP contribution in [0.2, 0.25) is 0 Å². The maximum absolute atomic E-state index is 14.4. The topological polar surface area (TPSA) is 108 Å². The normalized spacial score (nSPS) is 20.9. The molecule has 200 valence electrons. The second-order valence-corrected chi connectivity index (χ2v) is 9.30. The van der Waals surface area contributed by atoms with E-state index in [9.17, 15) is 36.7 Å². The van der Waals surface area contributed by atoms with Crippen LogP contribution < -0.4 is 15.5 Å². The van der Waals surface area contributed by atoms with E-state index >= 15 is 0 Å². The number of carbonyl (C=O) groups is 4. The molecule has 3 aliphatic heterocycles. The molecule has 2 atom stereocenters. The van der Waals surface area contributed by atoms with E-state index < -0.39 is 55.1 Å². The highest BCUT2D eigenvalue weighted by molar-refractivity contribution is 6.07. The molecule has 38 heavy (non-hydrogen) atoms. The zero-order chi connectivity index (χ0) is 27.2. The second kappa shape index (κ2) is 9.71. The van der Waals surface area contributed by atoms with Gasteiger partial charge in [-0.15, -0.1) is 0 Å². The third-order valence-corrected chi connectivity index (χ3v) is 6.73. The van der Waals surface area contributed by atoms with Gasteiger partial charge in [-0.2, -0.15) is 13.2 Å². The van der Waals surface area contributed by atoms with Gasteiger partial charge < -0.3 is 15.0 Å². The minimum absolute atomic E-state index is 0.0209. The SMILES string of the molecule is O=C1CCC(N2Cc3cc(NC(=O)N4c5cccc(F)c5C[C@H]4COCC(F)(F)F)ccc3C2=O)C(=O)N1. The number of urea groups is 1. The van der Waals surface area contributed by atoms with E-state index in [-0.39, 0.29) is 43.0 Å². The fourth-order valence-corrected chi connectivity index (χ4v) is 5.05. The highest BCUT2D eigenvalue weighted by Gasteiger charge is 2.40. The first-order chi connectivity index (χ1) is 18.0. The van der Waals surface area contributed by atoms with Crippen LogP contribution in [0.1, 0.15) is 34.3 Å². The molecule has 3 heterocycles. The van der Waals surface area contributed by atoms with Gasteiger partial charge in [-0.25, -0.2) is 9.18 Å². The van der Waals surface area contributed by atoms with E-state index in [1.807, 2.05) is 0 Å². The van der Waals surface area contributed by atoms with Crippen LogP contribution in [-0.2, 0) is 27.3 Å². The first-order valence-electron chi connectivity index (χ1n) is 11.8. The van der Waals surface area contributed by atoms with Gasteiger partial charge in [0.05, 0.1) is 18.3 Å². The molecule has 1 fully saturated rings. The lowest BCUT2D eigenvalue weighted by Crippen LogP contribution is -2.52. The van der Waals surface area contributed by atoms with Gasteiger partial charge in [-0.1, -0.05) is 6.07 Å². The lowest BCUT2D eigenvalue weighted by molar-refractivity contribution is -0.174. The maximum Gasteiger partial charge on any atom is 0.411 e. The molecule has 0 saturated carbocycles. The van der Waals surface area contributed by atoms with Crippen molar-refractivity contribution in [2.45, 2.75) is 44.1 Å². The highest BCUT2D eigenvalue weighted by Crippen LogP contribution is 2.35. The molecule has 0 aliphatic carbocycles. The summed E-state index contributed by atoms with van der Waals surface area (Å²) in [5.41, 5.74) is 1.62. The zero-order valence-electron chi connectivity index (χ0n) is 19.8. The van der Waals surface area contributed by atoms with Crippen LogP contribution in [0.3, 0.4) is 0 Å². The molecule has 1 saturated heterocycles. The third-order valence-electron chi connectivity index (χ3n) is 6.73. The average Bonchev–Trinajstić information content (AvgIpc) is 3.36. The molecule has 13 heteroatoms. The number of halogens is 4.